The third-order valence-electron chi connectivity index (χ3n) is 13.0. The average molecular weight is 503 g/mol. The molecular weight excluding hydrogens is 452 g/mol. The molecule has 2 saturated heterocycles. The van der Waals surface area contributed by atoms with Crippen LogP contribution in [0.3, 0.4) is 0 Å². The van der Waals surface area contributed by atoms with E-state index in [4.69, 9.17) is 14.6 Å². The van der Waals surface area contributed by atoms with Crippen molar-refractivity contribution in [1.29, 1.82) is 0 Å². The summed E-state index contributed by atoms with van der Waals surface area (Å²) in [7, 11) is 1.00. The molecule has 5 fully saturated rings. The first kappa shape index (κ1) is 26.7. The van der Waals surface area contributed by atoms with Crippen LogP contribution in [0.2, 0.25) is 0 Å². The summed E-state index contributed by atoms with van der Waals surface area (Å²) >= 11 is 0. The van der Waals surface area contributed by atoms with Crippen molar-refractivity contribution in [2.75, 3.05) is 7.11 Å². The van der Waals surface area contributed by atoms with Crippen LogP contribution in [0.1, 0.15) is 106 Å². The largest absolute Gasteiger partial charge is 0.433 e. The van der Waals surface area contributed by atoms with Crippen LogP contribution in [0.15, 0.2) is 11.6 Å². The molecule has 5 nitrogen and oxygen atoms in total. The van der Waals surface area contributed by atoms with Gasteiger partial charge < -0.3 is 19.7 Å². The Balaban J connectivity index is 0.00000130. The maximum Gasteiger partial charge on any atom is 0.311 e. The highest BCUT2D eigenvalue weighted by atomic mass is 16.7. The quantitative estimate of drug-likeness (QED) is 0.313. The molecule has 36 heavy (non-hydrogen) atoms. The van der Waals surface area contributed by atoms with Gasteiger partial charge in [0.05, 0.1) is 17.6 Å². The van der Waals surface area contributed by atoms with Gasteiger partial charge in [0, 0.05) is 30.8 Å². The SMILES string of the molecule is CO.C[C@@H]1C[C@@]2(C[C@@H](C)[C@]3(C)CC[C@@]4(C)C5=CC[C@H]6C(C)(C)[C@H](O)CC[C@]6(C)[C@@H]5CC[C@]43O2)OC1=O. The molecule has 2 spiro atoms. The third-order valence-corrected chi connectivity index (χ3v) is 13.0. The number of hydrogen-bond acceptors (Lipinski definition) is 5. The summed E-state index contributed by atoms with van der Waals surface area (Å²) in [4.78, 5) is 12.5. The number of carbonyl (C=O) groups is 1. The van der Waals surface area contributed by atoms with E-state index >= 15 is 0 Å². The van der Waals surface area contributed by atoms with Gasteiger partial charge in [-0.25, -0.2) is 0 Å². The molecular formula is C31H50O5. The Labute approximate surface area is 218 Å². The number of carbonyl (C=O) groups excluding carboxylic acids is 1. The number of aliphatic hydroxyl groups excluding tert-OH is 2. The molecule has 6 aliphatic rings. The van der Waals surface area contributed by atoms with Crippen molar-refractivity contribution >= 4 is 5.97 Å². The Kier molecular flexibility index (Phi) is 5.97. The van der Waals surface area contributed by atoms with Crippen LogP contribution in [0.25, 0.3) is 0 Å². The van der Waals surface area contributed by atoms with E-state index < -0.39 is 5.79 Å². The molecule has 0 aromatic carbocycles. The lowest BCUT2D eigenvalue weighted by Crippen LogP contribution is -2.68. The Hall–Kier alpha value is -0.910. The molecule has 2 heterocycles. The van der Waals surface area contributed by atoms with Crippen LogP contribution in [0, 0.1) is 45.3 Å². The minimum atomic E-state index is -0.744. The highest BCUT2D eigenvalue weighted by Crippen LogP contribution is 2.76. The molecule has 0 aromatic rings. The van der Waals surface area contributed by atoms with Crippen molar-refractivity contribution in [3.05, 3.63) is 11.6 Å². The zero-order valence-corrected chi connectivity index (χ0v) is 23.9. The Morgan fingerprint density at radius 2 is 1.64 bits per heavy atom. The van der Waals surface area contributed by atoms with E-state index in [1.807, 2.05) is 6.92 Å². The molecule has 5 heteroatoms. The smallest absolute Gasteiger partial charge is 0.311 e. The second-order valence-corrected chi connectivity index (χ2v) is 14.6. The van der Waals surface area contributed by atoms with Gasteiger partial charge >= 0.3 is 5.97 Å². The van der Waals surface area contributed by atoms with Crippen molar-refractivity contribution in [1.82, 2.24) is 0 Å². The van der Waals surface area contributed by atoms with Gasteiger partial charge in [0.25, 0.3) is 0 Å². The highest BCUT2D eigenvalue weighted by Gasteiger charge is 2.76. The standard InChI is InChI=1S/C30H46O4.CH4O/c1-18-16-29(33-24(18)32)17-19(2)27(6)14-15-28(7)21-8-9-22-25(3,4)23(31)11-12-26(22,5)20(21)10-13-30(27,28)34-29;1-2/h8,18-20,22-23,31H,9-17H2,1-7H3;2H,1H3/t18-,19-,20-,22+,23-,26-,27+,28+,29-,30-;/m1./s1. The molecule has 3 saturated carbocycles. The van der Waals surface area contributed by atoms with Gasteiger partial charge in [-0.2, -0.15) is 0 Å². The lowest BCUT2D eigenvalue weighted by Gasteiger charge is -2.67. The predicted molar refractivity (Wildman–Crippen MR) is 140 cm³/mol. The maximum atomic E-state index is 12.5. The van der Waals surface area contributed by atoms with E-state index in [0.717, 1.165) is 52.1 Å². The van der Waals surface area contributed by atoms with Gasteiger partial charge in [0.2, 0.25) is 5.79 Å². The fraction of sp³-hybridized carbons (Fsp3) is 0.903. The van der Waals surface area contributed by atoms with Crippen LogP contribution < -0.4 is 0 Å². The molecule has 204 valence electrons. The van der Waals surface area contributed by atoms with E-state index in [2.05, 4.69) is 47.6 Å². The summed E-state index contributed by atoms with van der Waals surface area (Å²) in [5.41, 5.74) is 1.59. The molecule has 10 atom stereocenters. The number of allylic oxidation sites excluding steroid dienone is 1. The van der Waals surface area contributed by atoms with Crippen molar-refractivity contribution in [3.63, 3.8) is 0 Å². The zero-order valence-electron chi connectivity index (χ0n) is 23.9. The Morgan fingerprint density at radius 3 is 2.28 bits per heavy atom. The molecule has 0 radical (unpaired) electrons. The van der Waals surface area contributed by atoms with Gasteiger partial charge in [-0.3, -0.25) is 4.79 Å². The molecule has 2 aliphatic heterocycles. The van der Waals surface area contributed by atoms with Crippen molar-refractivity contribution in [2.24, 2.45) is 45.3 Å². The van der Waals surface area contributed by atoms with Crippen molar-refractivity contribution < 1.29 is 24.5 Å². The van der Waals surface area contributed by atoms with E-state index in [1.54, 1.807) is 5.57 Å². The van der Waals surface area contributed by atoms with E-state index in [-0.39, 0.29) is 45.3 Å². The second kappa shape index (κ2) is 8.05. The van der Waals surface area contributed by atoms with Crippen molar-refractivity contribution in [3.8, 4) is 0 Å². The van der Waals surface area contributed by atoms with Crippen LogP contribution in [0.4, 0.5) is 0 Å². The molecule has 2 N–H and O–H groups in total. The summed E-state index contributed by atoms with van der Waals surface area (Å²) < 4.78 is 13.4. The van der Waals surface area contributed by atoms with Crippen LogP contribution in [-0.4, -0.2) is 40.8 Å². The van der Waals surface area contributed by atoms with Crippen LogP contribution in [-0.2, 0) is 14.3 Å². The van der Waals surface area contributed by atoms with E-state index in [0.29, 0.717) is 24.2 Å². The lowest BCUT2D eigenvalue weighted by molar-refractivity contribution is -0.354. The van der Waals surface area contributed by atoms with E-state index in [9.17, 15) is 9.90 Å². The number of ether oxygens (including phenoxy) is 2. The third kappa shape index (κ3) is 3.03. The fourth-order valence-corrected chi connectivity index (χ4v) is 10.8. The van der Waals surface area contributed by atoms with Crippen LogP contribution in [0.5, 0.6) is 0 Å². The van der Waals surface area contributed by atoms with Gasteiger partial charge in [-0.05, 0) is 73.5 Å². The minimum absolute atomic E-state index is 0.0290. The van der Waals surface area contributed by atoms with Crippen molar-refractivity contribution in [2.45, 2.75) is 124 Å². The molecule has 0 unspecified atom stereocenters. The predicted octanol–water partition coefficient (Wildman–Crippen LogP) is 6.02. The monoisotopic (exact) mass is 502 g/mol. The summed E-state index contributed by atoms with van der Waals surface area (Å²) in [5, 5.41) is 17.9. The summed E-state index contributed by atoms with van der Waals surface area (Å²) in [6.45, 7) is 16.5. The Bertz CT molecular complexity index is 957. The topological polar surface area (TPSA) is 76.0 Å². The zero-order chi connectivity index (χ0) is 26.5. The van der Waals surface area contributed by atoms with Crippen LogP contribution >= 0.6 is 0 Å². The normalized spacial score (nSPS) is 54.8. The van der Waals surface area contributed by atoms with Gasteiger partial charge in [-0.15, -0.1) is 0 Å². The van der Waals surface area contributed by atoms with Gasteiger partial charge in [0.15, 0.2) is 0 Å². The summed E-state index contributed by atoms with van der Waals surface area (Å²) in [5.74, 6) is 0.605. The lowest BCUT2D eigenvalue weighted by atomic mass is 9.41. The fourth-order valence-electron chi connectivity index (χ4n) is 10.8. The number of fused-ring (bicyclic) bond motifs is 4. The molecule has 6 rings (SSSR count). The molecule has 0 bridgehead atoms. The number of hydrogen-bond donors (Lipinski definition) is 2. The van der Waals surface area contributed by atoms with Gasteiger partial charge in [0.1, 0.15) is 0 Å². The first-order valence-electron chi connectivity index (χ1n) is 14.5. The maximum absolute atomic E-state index is 12.5. The highest BCUT2D eigenvalue weighted by molar-refractivity contribution is 5.74. The van der Waals surface area contributed by atoms with Gasteiger partial charge in [-0.1, -0.05) is 60.1 Å². The summed E-state index contributed by atoms with van der Waals surface area (Å²) in [6, 6.07) is 0. The molecule has 0 amide bonds. The number of esters is 1. The second-order valence-electron chi connectivity index (χ2n) is 14.6. The Morgan fingerprint density at radius 1 is 0.944 bits per heavy atom. The number of rotatable bonds is 0. The molecule has 4 aliphatic carbocycles. The molecule has 0 aromatic heterocycles. The minimum Gasteiger partial charge on any atom is -0.433 e. The van der Waals surface area contributed by atoms with E-state index in [1.165, 1.54) is 6.42 Å². The first-order valence-corrected chi connectivity index (χ1v) is 14.5. The average Bonchev–Trinajstić information content (AvgIpc) is 3.23. The summed E-state index contributed by atoms with van der Waals surface area (Å²) in [6.07, 6.45) is 11.5. The number of aliphatic hydroxyl groups is 2. The first-order chi connectivity index (χ1) is 16.7.